The minimum atomic E-state index is -0.270. The third kappa shape index (κ3) is 6.11. The molecule has 2 aliphatic heterocycles. The maximum atomic E-state index is 7.42. The number of furan rings is 1. The van der Waals surface area contributed by atoms with Crippen LogP contribution < -0.4 is 15.8 Å². The topological polar surface area (TPSA) is 21.3 Å². The van der Waals surface area contributed by atoms with Crippen molar-refractivity contribution in [3.05, 3.63) is 257 Å². The van der Waals surface area contributed by atoms with E-state index in [1.807, 2.05) is 0 Å². The second kappa shape index (κ2) is 15.6. The van der Waals surface area contributed by atoms with Gasteiger partial charge in [-0.05, 0) is 125 Å². The molecule has 0 spiro atoms. The lowest BCUT2D eigenvalue weighted by molar-refractivity contribution is 0.520. The predicted octanol–water partition coefficient (Wildman–Crippen LogP) is 17.2. The van der Waals surface area contributed by atoms with Crippen LogP contribution in [0.25, 0.3) is 66.0 Å². The molecule has 0 saturated heterocycles. The number of para-hydroxylation sites is 3. The summed E-state index contributed by atoms with van der Waals surface area (Å²) in [5.41, 5.74) is 24.5. The van der Waals surface area contributed by atoms with Crippen molar-refractivity contribution < 1.29 is 4.42 Å². The molecule has 3 aliphatic rings. The standard InChI is InChI=1S/C71H57BN2O/c1-69(2,3)45-35-36-49(52(40-45)43-23-11-8-12-24-43)62-53-41-57-58(71(6,7)56-33-21-20-32-55(56)70(57,4)5)42-59(53)72-66-54(62)39-44-25-17-18-30-48(44)63(66)51-37-38-60(73(46-26-13-9-14-27-46)47-28-15-10-16-29-47)65-64-50-31-19-22-34-61(50)75-68(64)74(72)67(51)65/h8-42,62H,1-7H3. The Kier molecular flexibility index (Phi) is 9.19. The van der Waals surface area contributed by atoms with Gasteiger partial charge in [0, 0.05) is 50.0 Å². The van der Waals surface area contributed by atoms with Crippen LogP contribution in [-0.2, 0) is 16.2 Å². The summed E-state index contributed by atoms with van der Waals surface area (Å²) in [7, 11) is 0. The van der Waals surface area contributed by atoms with Crippen molar-refractivity contribution in [1.29, 1.82) is 0 Å². The Morgan fingerprint density at radius 1 is 0.507 bits per heavy atom. The molecule has 75 heavy (non-hydrogen) atoms. The fourth-order valence-electron chi connectivity index (χ4n) is 14.1. The number of hydrogen-bond donors (Lipinski definition) is 0. The SMILES string of the molecule is CC(C)(C)c1ccc(C2c3cc4c(cc3B3c5c2cc2ccccc2c5-c2ccc(N(c5ccccc5)c5ccccc5)c5c6c7ccccc7oc6n3c25)C(C)(C)c2ccccc2C4(C)C)c(-c2ccccc2)c1. The van der Waals surface area contributed by atoms with Crippen molar-refractivity contribution in [2.45, 2.75) is 70.6 Å². The van der Waals surface area contributed by atoms with Crippen molar-refractivity contribution in [3.63, 3.8) is 0 Å². The summed E-state index contributed by atoms with van der Waals surface area (Å²) in [6.45, 7) is 16.6. The van der Waals surface area contributed by atoms with E-state index < -0.39 is 0 Å². The number of nitrogens with zero attached hydrogens (tertiary/aromatic N) is 2. The monoisotopic (exact) mass is 964 g/mol. The fraction of sp³-hybridized carbons (Fsp3) is 0.155. The van der Waals surface area contributed by atoms with Gasteiger partial charge in [0.05, 0.1) is 11.1 Å². The smallest absolute Gasteiger partial charge is 0.332 e. The van der Waals surface area contributed by atoms with Gasteiger partial charge in [-0.2, -0.15) is 0 Å². The average molecular weight is 965 g/mol. The molecule has 0 amide bonds. The van der Waals surface area contributed by atoms with Crippen LogP contribution in [0, 0.1) is 0 Å². The van der Waals surface area contributed by atoms with E-state index in [-0.39, 0.29) is 29.0 Å². The number of benzene rings is 10. The zero-order valence-electron chi connectivity index (χ0n) is 43.7. The van der Waals surface area contributed by atoms with Crippen LogP contribution in [0.2, 0.25) is 0 Å². The van der Waals surface area contributed by atoms with Gasteiger partial charge in [-0.15, -0.1) is 0 Å². The predicted molar refractivity (Wildman–Crippen MR) is 316 cm³/mol. The Bertz CT molecular complexity index is 4300. The van der Waals surface area contributed by atoms with E-state index in [0.717, 1.165) is 39.1 Å². The summed E-state index contributed by atoms with van der Waals surface area (Å²) in [5.74, 6) is -0.0927. The van der Waals surface area contributed by atoms with Gasteiger partial charge < -0.3 is 13.8 Å². The minimum Gasteiger partial charge on any atom is -0.441 e. The van der Waals surface area contributed by atoms with E-state index >= 15 is 0 Å². The van der Waals surface area contributed by atoms with Crippen LogP contribution in [0.15, 0.2) is 217 Å². The molecular formula is C71H57BN2O. The highest BCUT2D eigenvalue weighted by molar-refractivity contribution is 6.88. The molecule has 0 N–H and O–H groups in total. The number of aromatic nitrogens is 1. The Morgan fingerprint density at radius 2 is 1.11 bits per heavy atom. The van der Waals surface area contributed by atoms with Gasteiger partial charge in [0.15, 0.2) is 5.71 Å². The number of hydrogen-bond acceptors (Lipinski definition) is 2. The lowest BCUT2D eigenvalue weighted by Gasteiger charge is -2.46. The van der Waals surface area contributed by atoms with Gasteiger partial charge in [0.2, 0.25) is 0 Å². The third-order valence-electron chi connectivity index (χ3n) is 17.7. The maximum absolute atomic E-state index is 7.42. The molecule has 360 valence electrons. The Morgan fingerprint density at radius 3 is 1.79 bits per heavy atom. The Labute approximate surface area is 439 Å². The molecule has 15 rings (SSSR count). The van der Waals surface area contributed by atoms with Gasteiger partial charge in [-0.1, -0.05) is 224 Å². The fourth-order valence-corrected chi connectivity index (χ4v) is 14.1. The van der Waals surface area contributed by atoms with Crippen LogP contribution in [0.3, 0.4) is 0 Å². The first-order valence-corrected chi connectivity index (χ1v) is 26.8. The van der Waals surface area contributed by atoms with Crippen molar-refractivity contribution in [1.82, 2.24) is 4.48 Å². The van der Waals surface area contributed by atoms with E-state index in [0.29, 0.717) is 0 Å². The molecule has 2 aromatic heterocycles. The van der Waals surface area contributed by atoms with Crippen molar-refractivity contribution in [3.8, 4) is 22.3 Å². The van der Waals surface area contributed by atoms with Crippen molar-refractivity contribution in [2.75, 3.05) is 4.90 Å². The Hall–Kier alpha value is -8.34. The highest BCUT2D eigenvalue weighted by atomic mass is 16.3. The summed E-state index contributed by atoms with van der Waals surface area (Å²) >= 11 is 0. The summed E-state index contributed by atoms with van der Waals surface area (Å²) in [4.78, 5) is 2.45. The number of rotatable bonds is 5. The van der Waals surface area contributed by atoms with E-state index in [4.69, 9.17) is 4.42 Å². The summed E-state index contributed by atoms with van der Waals surface area (Å²) in [6, 6.07) is 80.1. The molecule has 1 atom stereocenters. The molecule has 0 saturated carbocycles. The molecular weight excluding hydrogens is 908 g/mol. The molecule has 0 radical (unpaired) electrons. The van der Waals surface area contributed by atoms with Crippen molar-refractivity contribution in [2.24, 2.45) is 0 Å². The van der Waals surface area contributed by atoms with E-state index in [2.05, 4.69) is 270 Å². The first-order chi connectivity index (χ1) is 36.4. The minimum absolute atomic E-state index is 0.0429. The lowest BCUT2D eigenvalue weighted by Crippen LogP contribution is -2.58. The van der Waals surface area contributed by atoms with E-state index in [1.54, 1.807) is 0 Å². The average Bonchev–Trinajstić information content (AvgIpc) is 4.24. The van der Waals surface area contributed by atoms with Crippen LogP contribution in [0.1, 0.15) is 98.9 Å². The van der Waals surface area contributed by atoms with Crippen LogP contribution in [0.5, 0.6) is 0 Å². The summed E-state index contributed by atoms with van der Waals surface area (Å²) in [6.07, 6.45) is 0. The highest BCUT2D eigenvalue weighted by Crippen LogP contribution is 2.55. The summed E-state index contributed by atoms with van der Waals surface area (Å²) in [5, 5.41) is 5.99. The first kappa shape index (κ1) is 44.2. The normalized spacial score (nSPS) is 15.7. The van der Waals surface area contributed by atoms with E-state index in [9.17, 15) is 0 Å². The molecule has 3 nitrogen and oxygen atoms in total. The van der Waals surface area contributed by atoms with Crippen molar-refractivity contribution >= 4 is 78.6 Å². The molecule has 0 fully saturated rings. The lowest BCUT2D eigenvalue weighted by atomic mass is 9.40. The second-order valence-electron chi connectivity index (χ2n) is 23.6. The Balaban J connectivity index is 1.14. The molecule has 10 aromatic carbocycles. The van der Waals surface area contributed by atoms with E-state index in [1.165, 1.54) is 99.4 Å². The third-order valence-corrected chi connectivity index (χ3v) is 17.7. The van der Waals surface area contributed by atoms with Gasteiger partial charge in [-0.3, -0.25) is 0 Å². The maximum Gasteiger partial charge on any atom is 0.332 e. The zero-order valence-corrected chi connectivity index (χ0v) is 43.7. The van der Waals surface area contributed by atoms with Crippen LogP contribution in [-0.4, -0.2) is 11.3 Å². The number of fused-ring (bicyclic) bond motifs is 13. The van der Waals surface area contributed by atoms with Crippen LogP contribution in [0.4, 0.5) is 17.1 Å². The summed E-state index contributed by atoms with van der Waals surface area (Å²) < 4.78 is 10.1. The van der Waals surface area contributed by atoms with Crippen LogP contribution >= 0.6 is 0 Å². The van der Waals surface area contributed by atoms with Gasteiger partial charge in [0.25, 0.3) is 0 Å². The van der Waals surface area contributed by atoms with Gasteiger partial charge in [0.1, 0.15) is 5.58 Å². The highest BCUT2D eigenvalue weighted by Gasteiger charge is 2.49. The van der Waals surface area contributed by atoms with Gasteiger partial charge >= 0.3 is 6.85 Å². The quantitative estimate of drug-likeness (QED) is 0.160. The molecule has 0 bridgehead atoms. The largest absolute Gasteiger partial charge is 0.441 e. The molecule has 4 heterocycles. The molecule has 1 unspecified atom stereocenters. The zero-order chi connectivity index (χ0) is 50.7. The first-order valence-electron chi connectivity index (χ1n) is 26.8. The molecule has 4 heteroatoms. The number of anilines is 3. The second-order valence-corrected chi connectivity index (χ2v) is 23.6. The van der Waals surface area contributed by atoms with Gasteiger partial charge in [-0.25, -0.2) is 0 Å². The molecule has 12 aromatic rings. The molecule has 1 aliphatic carbocycles.